The summed E-state index contributed by atoms with van der Waals surface area (Å²) in [4.78, 5) is 37.2. The predicted molar refractivity (Wildman–Crippen MR) is 154 cm³/mol. The molecule has 1 aromatic heterocycles. The minimum Gasteiger partial charge on any atom is -0.507 e. The predicted octanol–water partition coefficient (Wildman–Crippen LogP) is 3.61. The largest absolute Gasteiger partial charge is 0.507 e. The van der Waals surface area contributed by atoms with Crippen LogP contribution in [0, 0.1) is 5.82 Å². The summed E-state index contributed by atoms with van der Waals surface area (Å²) in [5.41, 5.74) is 4.84. The maximum Gasteiger partial charge on any atom is 0.410 e. The number of nitrogens with one attached hydrogen (secondary N) is 1. The molecular weight excluding hydrogens is 567 g/mol. The van der Waals surface area contributed by atoms with Gasteiger partial charge in [0.25, 0.3) is 5.91 Å². The number of fused-ring (bicyclic) bond motifs is 2. The van der Waals surface area contributed by atoms with Gasteiger partial charge >= 0.3 is 6.09 Å². The molecule has 11 nitrogen and oxygen atoms in total. The Hall–Kier alpha value is -3.77. The van der Waals surface area contributed by atoms with Crippen LogP contribution in [0.15, 0.2) is 29.5 Å². The molecule has 6 rings (SSSR count). The Labute approximate surface area is 248 Å². The Morgan fingerprint density at radius 1 is 1.24 bits per heavy atom. The number of rotatable bonds is 2. The van der Waals surface area contributed by atoms with E-state index in [1.54, 1.807) is 30.6 Å². The number of nitrogens with zero attached hydrogens (tertiary/aromatic N) is 5. The molecule has 13 heteroatoms. The Kier molecular flexibility index (Phi) is 6.88. The van der Waals surface area contributed by atoms with Gasteiger partial charge < -0.3 is 34.3 Å². The number of piperazine rings is 1. The fourth-order valence-electron chi connectivity index (χ4n) is 6.02. The zero-order chi connectivity index (χ0) is 30.1. The third-order valence-corrected chi connectivity index (χ3v) is 8.53. The van der Waals surface area contributed by atoms with E-state index in [2.05, 4.69) is 5.43 Å². The van der Waals surface area contributed by atoms with Crippen LogP contribution in [0.4, 0.5) is 15.0 Å². The zero-order valence-electron chi connectivity index (χ0n) is 24.2. The molecule has 0 aliphatic carbocycles. The smallest absolute Gasteiger partial charge is 0.410 e. The van der Waals surface area contributed by atoms with Crippen LogP contribution in [-0.2, 0) is 4.74 Å². The maximum atomic E-state index is 15.1. The number of carbonyl (C=O) groups excluding carboxylic acids is 2. The third kappa shape index (κ3) is 4.66. The number of phenolic OH excluding ortho intramolecular Hbond substituents is 1. The van der Waals surface area contributed by atoms with Crippen molar-refractivity contribution < 1.29 is 28.6 Å². The molecule has 2 amide bonds. The summed E-state index contributed by atoms with van der Waals surface area (Å²) >= 11 is 6.86. The van der Waals surface area contributed by atoms with Crippen LogP contribution in [-0.4, -0.2) is 101 Å². The van der Waals surface area contributed by atoms with Crippen molar-refractivity contribution in [2.75, 3.05) is 51.3 Å². The van der Waals surface area contributed by atoms with Crippen molar-refractivity contribution in [3.63, 3.8) is 0 Å². The van der Waals surface area contributed by atoms with Crippen LogP contribution < -0.4 is 15.1 Å². The van der Waals surface area contributed by atoms with E-state index in [1.165, 1.54) is 18.2 Å². The van der Waals surface area contributed by atoms with Gasteiger partial charge in [0.15, 0.2) is 5.75 Å². The number of hydrogen-bond acceptors (Lipinski definition) is 9. The van der Waals surface area contributed by atoms with Gasteiger partial charge in [-0.15, -0.1) is 0 Å². The lowest BCUT2D eigenvalue weighted by molar-refractivity contribution is 0.000954. The van der Waals surface area contributed by atoms with Gasteiger partial charge in [-0.05, 0) is 45.4 Å². The molecule has 5 heterocycles. The number of aromatic nitrogens is 1. The number of aromatic hydroxyl groups is 1. The van der Waals surface area contributed by atoms with Crippen LogP contribution >= 0.6 is 11.6 Å². The molecule has 1 saturated heterocycles. The van der Waals surface area contributed by atoms with E-state index in [0.717, 1.165) is 11.3 Å². The average molecular weight is 601 g/mol. The van der Waals surface area contributed by atoms with Crippen molar-refractivity contribution in [2.24, 2.45) is 0 Å². The van der Waals surface area contributed by atoms with Crippen molar-refractivity contribution in [3.8, 4) is 22.8 Å². The highest BCUT2D eigenvalue weighted by Crippen LogP contribution is 2.47. The molecule has 1 aromatic carbocycles. The summed E-state index contributed by atoms with van der Waals surface area (Å²) in [5, 5.41) is 12.5. The van der Waals surface area contributed by atoms with E-state index in [-0.39, 0.29) is 71.5 Å². The van der Waals surface area contributed by atoms with Gasteiger partial charge in [-0.25, -0.2) is 19.6 Å². The Morgan fingerprint density at radius 2 is 2.00 bits per heavy atom. The number of carbonyl (C=O) groups is 2. The number of hydrazine groups is 1. The second kappa shape index (κ2) is 10.2. The molecule has 4 aliphatic heterocycles. The van der Waals surface area contributed by atoms with E-state index in [9.17, 15) is 14.7 Å². The molecule has 224 valence electrons. The van der Waals surface area contributed by atoms with Crippen molar-refractivity contribution in [1.29, 1.82) is 0 Å². The monoisotopic (exact) mass is 600 g/mol. The quantitative estimate of drug-likeness (QED) is 0.534. The number of anilines is 1. The second-order valence-corrected chi connectivity index (χ2v) is 12.4. The molecule has 1 unspecified atom stereocenters. The zero-order valence-corrected chi connectivity index (χ0v) is 25.0. The summed E-state index contributed by atoms with van der Waals surface area (Å²) in [6.07, 6.45) is -0.460. The van der Waals surface area contributed by atoms with Crippen LogP contribution in [0.3, 0.4) is 0 Å². The van der Waals surface area contributed by atoms with Gasteiger partial charge in [-0.3, -0.25) is 4.79 Å². The number of phenols is 1. The fraction of sp³-hybridized carbons (Fsp3) is 0.483. The van der Waals surface area contributed by atoms with E-state index in [1.807, 2.05) is 23.9 Å². The molecule has 4 aliphatic rings. The van der Waals surface area contributed by atoms with Crippen LogP contribution in [0.25, 0.3) is 11.3 Å². The van der Waals surface area contributed by atoms with Gasteiger partial charge in [0.1, 0.15) is 45.9 Å². The summed E-state index contributed by atoms with van der Waals surface area (Å²) in [6.45, 7) is 9.33. The summed E-state index contributed by atoms with van der Waals surface area (Å²) in [6, 6.07) is 3.35. The normalized spacial score (nSPS) is 22.1. The number of hydrogen-bond donors (Lipinski definition) is 2. The number of ether oxygens (including phenoxy) is 2. The van der Waals surface area contributed by atoms with Crippen LogP contribution in [0.5, 0.6) is 11.5 Å². The maximum absolute atomic E-state index is 15.1. The number of benzene rings is 1. The second-order valence-electron chi connectivity index (χ2n) is 12.0. The number of amides is 2. The Bertz CT molecular complexity index is 1490. The first kappa shape index (κ1) is 28.4. The highest BCUT2D eigenvalue weighted by molar-refractivity contribution is 6.35. The summed E-state index contributed by atoms with van der Waals surface area (Å²) in [5.74, 6) is -1.01. The minimum atomic E-state index is -0.709. The number of halogens is 2. The van der Waals surface area contributed by atoms with Crippen molar-refractivity contribution in [1.82, 2.24) is 25.2 Å². The Balaban J connectivity index is 1.44. The molecular formula is C29H34ClFN6O5. The first-order chi connectivity index (χ1) is 19.9. The lowest BCUT2D eigenvalue weighted by Gasteiger charge is -2.40. The van der Waals surface area contributed by atoms with Crippen molar-refractivity contribution in [2.45, 2.75) is 45.4 Å². The lowest BCUT2D eigenvalue weighted by atomic mass is 10.0. The number of likely N-dealkylation sites (N-methyl/N-ethyl adjacent to an activating group) is 1. The van der Waals surface area contributed by atoms with E-state index >= 15 is 4.39 Å². The van der Waals surface area contributed by atoms with Gasteiger partial charge in [0.05, 0.1) is 29.9 Å². The van der Waals surface area contributed by atoms with Gasteiger partial charge in [0, 0.05) is 33.2 Å². The lowest BCUT2D eigenvalue weighted by Crippen LogP contribution is -2.58. The van der Waals surface area contributed by atoms with Gasteiger partial charge in [0.2, 0.25) is 0 Å². The molecule has 1 fully saturated rings. The van der Waals surface area contributed by atoms with Crippen LogP contribution in [0.1, 0.15) is 38.1 Å². The molecule has 0 saturated carbocycles. The van der Waals surface area contributed by atoms with E-state index in [4.69, 9.17) is 26.1 Å². The molecule has 2 N–H and O–H groups in total. The molecule has 0 radical (unpaired) electrons. The van der Waals surface area contributed by atoms with Crippen molar-refractivity contribution in [3.05, 3.63) is 45.9 Å². The minimum absolute atomic E-state index is 0.0187. The van der Waals surface area contributed by atoms with E-state index < -0.39 is 23.6 Å². The standard InChI is InChI=1S/C29H34ClFN6O5/c1-15-17-11-32-34(5)19(17)13-37(15)26-22-25(23(30)24(33-26)21-18(31)7-6-8-20(21)38)41-14-16-12-35(9-10-36(16)27(22)39)28(40)42-29(2,3)4/h6-8,15-16,32,38H,9-14H2,1-5H3/t15?,16-/m1/s1. The molecule has 2 atom stereocenters. The van der Waals surface area contributed by atoms with Crippen LogP contribution in [0.2, 0.25) is 5.02 Å². The average Bonchev–Trinajstić information content (AvgIpc) is 3.40. The molecule has 0 spiro atoms. The molecule has 2 aromatic rings. The highest BCUT2D eigenvalue weighted by atomic mass is 35.5. The highest BCUT2D eigenvalue weighted by Gasteiger charge is 2.44. The molecule has 0 bridgehead atoms. The molecule has 42 heavy (non-hydrogen) atoms. The summed E-state index contributed by atoms with van der Waals surface area (Å²) in [7, 11) is 1.93. The SMILES string of the molecule is CC1C2=C(CN1c1nc(-c3c(O)cccc3F)c(Cl)c3c1C(=O)N1CCN(C(=O)OC(C)(C)C)C[C@@H]1CO3)N(C)NC2. The Morgan fingerprint density at radius 3 is 2.69 bits per heavy atom. The third-order valence-electron chi connectivity index (χ3n) is 8.18. The number of pyridine rings is 1. The first-order valence-corrected chi connectivity index (χ1v) is 14.3. The first-order valence-electron chi connectivity index (χ1n) is 13.9. The summed E-state index contributed by atoms with van der Waals surface area (Å²) < 4.78 is 27.0. The van der Waals surface area contributed by atoms with Crippen molar-refractivity contribution >= 4 is 29.4 Å². The van der Waals surface area contributed by atoms with Gasteiger partial charge in [-0.1, -0.05) is 17.7 Å². The van der Waals surface area contributed by atoms with Gasteiger partial charge in [-0.2, -0.15) is 0 Å². The fourth-order valence-corrected chi connectivity index (χ4v) is 6.30. The van der Waals surface area contributed by atoms with E-state index in [0.29, 0.717) is 18.9 Å². The topological polar surface area (TPSA) is 111 Å².